The second kappa shape index (κ2) is 7.02. The Morgan fingerprint density at radius 3 is 2.45 bits per heavy atom. The fourth-order valence-corrected chi connectivity index (χ4v) is 4.41. The molecule has 0 heterocycles. The highest BCUT2D eigenvalue weighted by Crippen LogP contribution is 2.30. The molecule has 112 valence electrons. The van der Waals surface area contributed by atoms with Crippen LogP contribution in [-0.4, -0.2) is 37.4 Å². The predicted molar refractivity (Wildman–Crippen MR) is 83.3 cm³/mol. The SMILES string of the molecule is Cc1cc(Br)c(S(=O)(=O)N(C)CCCC(=O)O)cc1Br. The number of rotatable bonds is 6. The van der Waals surface area contributed by atoms with Crippen LogP contribution in [0.4, 0.5) is 0 Å². The number of carboxylic acid groups (broad SMARTS) is 1. The van der Waals surface area contributed by atoms with Crippen LogP contribution in [0.25, 0.3) is 0 Å². The largest absolute Gasteiger partial charge is 0.481 e. The number of hydrogen-bond donors (Lipinski definition) is 1. The average molecular weight is 429 g/mol. The fraction of sp³-hybridized carbons (Fsp3) is 0.417. The van der Waals surface area contributed by atoms with Gasteiger partial charge in [-0.15, -0.1) is 0 Å². The highest BCUT2D eigenvalue weighted by Gasteiger charge is 2.24. The van der Waals surface area contributed by atoms with Gasteiger partial charge in [-0.25, -0.2) is 12.7 Å². The van der Waals surface area contributed by atoms with E-state index in [1.54, 1.807) is 12.1 Å². The van der Waals surface area contributed by atoms with E-state index in [4.69, 9.17) is 5.11 Å². The van der Waals surface area contributed by atoms with Crippen LogP contribution in [-0.2, 0) is 14.8 Å². The minimum Gasteiger partial charge on any atom is -0.481 e. The molecule has 0 aromatic heterocycles. The Labute approximate surface area is 135 Å². The third-order valence-electron chi connectivity index (χ3n) is 2.77. The Kier molecular flexibility index (Phi) is 6.18. The van der Waals surface area contributed by atoms with Crippen molar-refractivity contribution < 1.29 is 18.3 Å². The number of nitrogens with zero attached hydrogens (tertiary/aromatic N) is 1. The van der Waals surface area contributed by atoms with Crippen LogP contribution in [0.5, 0.6) is 0 Å². The minimum absolute atomic E-state index is 0.0569. The molecule has 1 rings (SSSR count). The smallest absolute Gasteiger partial charge is 0.303 e. The van der Waals surface area contributed by atoms with E-state index in [2.05, 4.69) is 31.9 Å². The number of hydrogen-bond acceptors (Lipinski definition) is 3. The molecule has 8 heteroatoms. The summed E-state index contributed by atoms with van der Waals surface area (Å²) in [7, 11) is -2.20. The maximum absolute atomic E-state index is 12.4. The number of aliphatic carboxylic acids is 1. The van der Waals surface area contributed by atoms with Crippen LogP contribution in [0.15, 0.2) is 26.0 Å². The molecule has 0 atom stereocenters. The van der Waals surface area contributed by atoms with Gasteiger partial charge in [0.1, 0.15) is 0 Å². The zero-order chi connectivity index (χ0) is 15.5. The number of benzene rings is 1. The van der Waals surface area contributed by atoms with Crippen molar-refractivity contribution >= 4 is 47.9 Å². The van der Waals surface area contributed by atoms with Crippen LogP contribution >= 0.6 is 31.9 Å². The van der Waals surface area contributed by atoms with Crippen LogP contribution in [0.2, 0.25) is 0 Å². The summed E-state index contributed by atoms with van der Waals surface area (Å²) in [5.41, 5.74) is 0.921. The van der Waals surface area contributed by atoms with Gasteiger partial charge >= 0.3 is 5.97 Å². The summed E-state index contributed by atoms with van der Waals surface area (Å²) in [6, 6.07) is 3.27. The first-order valence-electron chi connectivity index (χ1n) is 5.80. The van der Waals surface area contributed by atoms with Crippen molar-refractivity contribution in [3.8, 4) is 0 Å². The van der Waals surface area contributed by atoms with Crippen LogP contribution < -0.4 is 0 Å². The highest BCUT2D eigenvalue weighted by molar-refractivity contribution is 9.11. The topological polar surface area (TPSA) is 74.7 Å². The zero-order valence-corrected chi connectivity index (χ0v) is 15.0. The van der Waals surface area contributed by atoms with Crippen molar-refractivity contribution in [1.82, 2.24) is 4.31 Å². The predicted octanol–water partition coefficient (Wildman–Crippen LogP) is 3.01. The molecule has 0 unspecified atom stereocenters. The summed E-state index contributed by atoms with van der Waals surface area (Å²) in [5, 5.41) is 8.58. The first-order valence-corrected chi connectivity index (χ1v) is 8.82. The quantitative estimate of drug-likeness (QED) is 0.755. The average Bonchev–Trinajstić information content (AvgIpc) is 2.32. The second-order valence-electron chi connectivity index (χ2n) is 4.36. The minimum atomic E-state index is -3.64. The maximum Gasteiger partial charge on any atom is 0.303 e. The molecule has 0 aliphatic heterocycles. The molecule has 1 aromatic rings. The molecule has 1 aromatic carbocycles. The van der Waals surface area contributed by atoms with Crippen molar-refractivity contribution in [2.24, 2.45) is 0 Å². The van der Waals surface area contributed by atoms with Gasteiger partial charge < -0.3 is 5.11 Å². The third-order valence-corrected chi connectivity index (χ3v) is 6.43. The van der Waals surface area contributed by atoms with Gasteiger partial charge in [0, 0.05) is 29.0 Å². The van der Waals surface area contributed by atoms with E-state index in [1.807, 2.05) is 6.92 Å². The first-order chi connectivity index (χ1) is 9.16. The van der Waals surface area contributed by atoms with Crippen LogP contribution in [0.1, 0.15) is 18.4 Å². The monoisotopic (exact) mass is 427 g/mol. The molecule has 0 amide bonds. The molecular formula is C12H15Br2NO4S. The molecule has 0 aliphatic rings. The highest BCUT2D eigenvalue weighted by atomic mass is 79.9. The van der Waals surface area contributed by atoms with Crippen LogP contribution in [0, 0.1) is 6.92 Å². The summed E-state index contributed by atoms with van der Waals surface area (Å²) in [5.74, 6) is -0.935. The van der Waals surface area contributed by atoms with Gasteiger partial charge in [-0.05, 0) is 47.0 Å². The van der Waals surface area contributed by atoms with E-state index < -0.39 is 16.0 Å². The maximum atomic E-state index is 12.4. The molecule has 0 saturated heterocycles. The Balaban J connectivity index is 2.98. The molecule has 1 N–H and O–H groups in total. The summed E-state index contributed by atoms with van der Waals surface area (Å²) in [6.07, 6.45) is 0.217. The lowest BCUT2D eigenvalue weighted by molar-refractivity contribution is -0.137. The summed E-state index contributed by atoms with van der Waals surface area (Å²) in [6.45, 7) is 2.02. The van der Waals surface area contributed by atoms with Gasteiger partial charge in [0.25, 0.3) is 0 Å². The lowest BCUT2D eigenvalue weighted by Gasteiger charge is -2.18. The molecule has 0 radical (unpaired) electrons. The number of halogens is 2. The van der Waals surface area contributed by atoms with Crippen LogP contribution in [0.3, 0.4) is 0 Å². The molecule has 5 nitrogen and oxygen atoms in total. The van der Waals surface area contributed by atoms with Gasteiger partial charge in [0.15, 0.2) is 0 Å². The molecule has 0 spiro atoms. The van der Waals surface area contributed by atoms with E-state index in [0.29, 0.717) is 8.95 Å². The fourth-order valence-electron chi connectivity index (χ4n) is 1.57. The zero-order valence-electron chi connectivity index (χ0n) is 11.1. The molecule has 20 heavy (non-hydrogen) atoms. The van der Waals surface area contributed by atoms with Gasteiger partial charge in [-0.3, -0.25) is 4.79 Å². The Bertz CT molecular complexity index is 616. The normalized spacial score (nSPS) is 11.8. The number of aryl methyl sites for hydroxylation is 1. The number of carboxylic acids is 1. The Morgan fingerprint density at radius 1 is 1.30 bits per heavy atom. The molecular weight excluding hydrogens is 414 g/mol. The van der Waals surface area contributed by atoms with Crippen molar-refractivity contribution in [3.63, 3.8) is 0 Å². The summed E-state index contributed by atoms with van der Waals surface area (Å²) < 4.78 is 27.2. The molecule has 0 saturated carbocycles. The van der Waals surface area contributed by atoms with Crippen molar-refractivity contribution in [2.45, 2.75) is 24.7 Å². The van der Waals surface area contributed by atoms with E-state index in [0.717, 1.165) is 9.87 Å². The Hall–Kier alpha value is -0.440. The van der Waals surface area contributed by atoms with Gasteiger partial charge in [-0.2, -0.15) is 0 Å². The summed E-state index contributed by atoms with van der Waals surface area (Å²) in [4.78, 5) is 10.6. The first kappa shape index (κ1) is 17.6. The van der Waals surface area contributed by atoms with Gasteiger partial charge in [-0.1, -0.05) is 15.9 Å². The molecule has 0 fully saturated rings. The molecule has 0 aliphatic carbocycles. The lowest BCUT2D eigenvalue weighted by Crippen LogP contribution is -2.28. The van der Waals surface area contributed by atoms with E-state index in [1.165, 1.54) is 7.05 Å². The lowest BCUT2D eigenvalue weighted by atomic mass is 10.2. The second-order valence-corrected chi connectivity index (χ2v) is 8.08. The molecule has 0 bridgehead atoms. The van der Waals surface area contributed by atoms with Gasteiger partial charge in [0.2, 0.25) is 10.0 Å². The number of carbonyl (C=O) groups is 1. The standard InChI is InChI=1S/C12H15Br2NO4S/c1-8-6-10(14)11(7-9(8)13)20(18,19)15(2)5-3-4-12(16)17/h6-7H,3-5H2,1-2H3,(H,16,17). The van der Waals surface area contributed by atoms with Gasteiger partial charge in [0.05, 0.1) is 4.90 Å². The summed E-state index contributed by atoms with van der Waals surface area (Å²) >= 11 is 6.57. The van der Waals surface area contributed by atoms with Crippen molar-refractivity contribution in [3.05, 3.63) is 26.6 Å². The van der Waals surface area contributed by atoms with E-state index >= 15 is 0 Å². The van der Waals surface area contributed by atoms with Crippen molar-refractivity contribution in [2.75, 3.05) is 13.6 Å². The number of sulfonamides is 1. The van der Waals surface area contributed by atoms with Crippen molar-refractivity contribution in [1.29, 1.82) is 0 Å². The third kappa shape index (κ3) is 4.28. The van der Waals surface area contributed by atoms with E-state index in [-0.39, 0.29) is 24.3 Å². The Morgan fingerprint density at radius 2 is 1.90 bits per heavy atom. The van der Waals surface area contributed by atoms with E-state index in [9.17, 15) is 13.2 Å².